The zero-order chi connectivity index (χ0) is 20.4. The van der Waals surface area contributed by atoms with Gasteiger partial charge in [0.15, 0.2) is 0 Å². The van der Waals surface area contributed by atoms with Gasteiger partial charge in [-0.25, -0.2) is 22.5 Å². The Hall–Kier alpha value is -2.24. The van der Waals surface area contributed by atoms with Crippen molar-refractivity contribution in [3.63, 3.8) is 0 Å². The van der Waals surface area contributed by atoms with Gasteiger partial charge in [0.1, 0.15) is 22.3 Å². The van der Waals surface area contributed by atoms with Gasteiger partial charge in [-0.2, -0.15) is 8.78 Å². The summed E-state index contributed by atoms with van der Waals surface area (Å²) in [5.74, 6) is -3.22. The molecular formula is C14H9Cl2F3N2O5S. The Labute approximate surface area is 161 Å². The number of aromatic nitrogens is 1. The first-order chi connectivity index (χ1) is 12.5. The van der Waals surface area contributed by atoms with Crippen molar-refractivity contribution in [1.29, 1.82) is 0 Å². The normalized spacial score (nSPS) is 11.4. The van der Waals surface area contributed by atoms with E-state index in [1.807, 2.05) is 0 Å². The fourth-order valence-corrected chi connectivity index (χ4v) is 2.62. The number of nitrogens with zero attached hydrogens (tertiary/aromatic N) is 1. The van der Waals surface area contributed by atoms with Crippen LogP contribution in [-0.2, 0) is 10.0 Å². The molecule has 0 saturated heterocycles. The van der Waals surface area contributed by atoms with Crippen LogP contribution in [0.15, 0.2) is 24.4 Å². The van der Waals surface area contributed by atoms with E-state index in [0.29, 0.717) is 0 Å². The van der Waals surface area contributed by atoms with Gasteiger partial charge in [-0.1, -0.05) is 23.2 Å². The minimum atomic E-state index is -3.91. The summed E-state index contributed by atoms with van der Waals surface area (Å²) in [5, 5.41) is -0.535. The third-order valence-electron chi connectivity index (χ3n) is 2.76. The molecule has 0 aliphatic rings. The van der Waals surface area contributed by atoms with E-state index in [4.69, 9.17) is 27.9 Å². The van der Waals surface area contributed by atoms with Gasteiger partial charge in [-0.3, -0.25) is 4.79 Å². The van der Waals surface area contributed by atoms with E-state index in [9.17, 15) is 26.4 Å². The van der Waals surface area contributed by atoms with E-state index in [2.05, 4.69) is 9.72 Å². The molecule has 0 aliphatic heterocycles. The Balaban J connectivity index is 2.26. The number of hydrogen-bond acceptors (Lipinski definition) is 6. The molecule has 1 heterocycles. The zero-order valence-electron chi connectivity index (χ0n) is 13.2. The lowest BCUT2D eigenvalue weighted by atomic mass is 10.2. The van der Waals surface area contributed by atoms with Crippen LogP contribution in [0.5, 0.6) is 17.4 Å². The summed E-state index contributed by atoms with van der Waals surface area (Å²) >= 11 is 11.6. The number of hydrogen-bond donors (Lipinski definition) is 1. The van der Waals surface area contributed by atoms with Crippen LogP contribution in [0.1, 0.15) is 10.4 Å². The van der Waals surface area contributed by atoms with Crippen LogP contribution in [0.2, 0.25) is 10.0 Å². The molecule has 1 amide bonds. The molecule has 0 unspecified atom stereocenters. The number of halogens is 5. The predicted octanol–water partition coefficient (Wildman–Crippen LogP) is 3.61. The largest absolute Gasteiger partial charge is 0.454 e. The molecule has 7 nitrogen and oxygen atoms in total. The van der Waals surface area contributed by atoms with Gasteiger partial charge in [0.05, 0.1) is 23.0 Å². The number of carbonyl (C=O) groups is 1. The summed E-state index contributed by atoms with van der Waals surface area (Å²) in [7, 11) is -3.91. The van der Waals surface area contributed by atoms with Crippen molar-refractivity contribution in [2.24, 2.45) is 0 Å². The van der Waals surface area contributed by atoms with Crippen molar-refractivity contribution < 1.29 is 35.9 Å². The number of pyridine rings is 1. The van der Waals surface area contributed by atoms with Crippen LogP contribution in [0, 0.1) is 5.82 Å². The fraction of sp³-hybridized carbons (Fsp3) is 0.143. The minimum absolute atomic E-state index is 0.0868. The van der Waals surface area contributed by atoms with Gasteiger partial charge in [-0.05, 0) is 6.07 Å². The van der Waals surface area contributed by atoms with Gasteiger partial charge in [-0.15, -0.1) is 0 Å². The zero-order valence-corrected chi connectivity index (χ0v) is 15.5. The highest BCUT2D eigenvalue weighted by molar-refractivity contribution is 7.89. The van der Waals surface area contributed by atoms with E-state index in [1.165, 1.54) is 0 Å². The molecule has 0 spiro atoms. The second kappa shape index (κ2) is 8.19. The number of carbonyl (C=O) groups excluding carboxylic acids is 1. The van der Waals surface area contributed by atoms with Gasteiger partial charge in [0.25, 0.3) is 5.91 Å². The molecule has 1 N–H and O–H groups in total. The SMILES string of the molecule is CS(=O)(=O)NC(=O)c1cc(Cl)c(Oc2cnc(OC(F)F)c(Cl)c2)cc1F. The molecule has 1 aromatic carbocycles. The summed E-state index contributed by atoms with van der Waals surface area (Å²) < 4.78 is 71.5. The van der Waals surface area contributed by atoms with Crippen molar-refractivity contribution in [3.8, 4) is 17.4 Å². The summed E-state index contributed by atoms with van der Waals surface area (Å²) in [4.78, 5) is 15.3. The van der Waals surface area contributed by atoms with Gasteiger partial charge >= 0.3 is 6.61 Å². The van der Waals surface area contributed by atoms with Crippen LogP contribution in [0.3, 0.4) is 0 Å². The van der Waals surface area contributed by atoms with Crippen molar-refractivity contribution in [1.82, 2.24) is 9.71 Å². The number of nitrogens with one attached hydrogen (secondary N) is 1. The van der Waals surface area contributed by atoms with Crippen molar-refractivity contribution in [2.75, 3.05) is 6.26 Å². The number of rotatable bonds is 6. The Morgan fingerprint density at radius 3 is 2.44 bits per heavy atom. The van der Waals surface area contributed by atoms with Crippen LogP contribution < -0.4 is 14.2 Å². The number of ether oxygens (including phenoxy) is 2. The van der Waals surface area contributed by atoms with Crippen LogP contribution in [0.4, 0.5) is 13.2 Å². The molecule has 0 aliphatic carbocycles. The summed E-state index contributed by atoms with van der Waals surface area (Å²) in [6.45, 7) is -3.13. The number of amides is 1. The van der Waals surface area contributed by atoms with Crippen LogP contribution >= 0.6 is 23.2 Å². The monoisotopic (exact) mass is 444 g/mol. The van der Waals surface area contributed by atoms with Gasteiger partial charge in [0.2, 0.25) is 15.9 Å². The molecule has 0 fully saturated rings. The summed E-state index contributed by atoms with van der Waals surface area (Å²) in [6, 6.07) is 2.66. The summed E-state index contributed by atoms with van der Waals surface area (Å²) in [5.41, 5.74) is -0.630. The average Bonchev–Trinajstić information content (AvgIpc) is 2.51. The fourth-order valence-electron chi connectivity index (χ4n) is 1.77. The highest BCUT2D eigenvalue weighted by Gasteiger charge is 2.19. The van der Waals surface area contributed by atoms with E-state index in [1.54, 1.807) is 4.72 Å². The van der Waals surface area contributed by atoms with E-state index in [-0.39, 0.29) is 21.5 Å². The Kier molecular flexibility index (Phi) is 6.39. The summed E-state index contributed by atoms with van der Waals surface area (Å²) in [6.07, 6.45) is 1.70. The molecule has 0 atom stereocenters. The molecule has 146 valence electrons. The number of alkyl halides is 2. The maximum Gasteiger partial charge on any atom is 0.388 e. The van der Waals surface area contributed by atoms with Crippen LogP contribution in [0.25, 0.3) is 0 Å². The van der Waals surface area contributed by atoms with Gasteiger partial charge < -0.3 is 9.47 Å². The third kappa shape index (κ3) is 5.88. The first-order valence-electron chi connectivity index (χ1n) is 6.75. The lowest BCUT2D eigenvalue weighted by Crippen LogP contribution is -2.30. The van der Waals surface area contributed by atoms with Crippen molar-refractivity contribution in [3.05, 3.63) is 45.8 Å². The number of sulfonamides is 1. The lowest BCUT2D eigenvalue weighted by molar-refractivity contribution is -0.0528. The molecule has 0 bridgehead atoms. The van der Waals surface area contributed by atoms with Crippen LogP contribution in [-0.4, -0.2) is 32.2 Å². The topological polar surface area (TPSA) is 94.6 Å². The minimum Gasteiger partial charge on any atom is -0.454 e. The average molecular weight is 445 g/mol. The van der Waals surface area contributed by atoms with Gasteiger partial charge in [0, 0.05) is 12.1 Å². The molecule has 2 aromatic rings. The van der Waals surface area contributed by atoms with Crippen molar-refractivity contribution >= 4 is 39.1 Å². The third-order valence-corrected chi connectivity index (χ3v) is 3.88. The molecule has 13 heteroatoms. The quantitative estimate of drug-likeness (QED) is 0.730. The molecule has 0 saturated carbocycles. The molecule has 27 heavy (non-hydrogen) atoms. The maximum atomic E-state index is 14.1. The second-order valence-electron chi connectivity index (χ2n) is 4.90. The number of benzene rings is 1. The lowest BCUT2D eigenvalue weighted by Gasteiger charge is -2.11. The first kappa shape index (κ1) is 21.1. The Bertz CT molecular complexity index is 989. The predicted molar refractivity (Wildman–Crippen MR) is 89.7 cm³/mol. The highest BCUT2D eigenvalue weighted by atomic mass is 35.5. The van der Waals surface area contributed by atoms with E-state index < -0.39 is 39.8 Å². The second-order valence-corrected chi connectivity index (χ2v) is 7.47. The maximum absolute atomic E-state index is 14.1. The van der Waals surface area contributed by atoms with E-state index in [0.717, 1.165) is 30.7 Å². The Morgan fingerprint density at radius 1 is 1.22 bits per heavy atom. The van der Waals surface area contributed by atoms with Crippen molar-refractivity contribution in [2.45, 2.75) is 6.61 Å². The molecule has 1 aromatic heterocycles. The smallest absolute Gasteiger partial charge is 0.388 e. The molecular weight excluding hydrogens is 436 g/mol. The molecule has 2 rings (SSSR count). The van der Waals surface area contributed by atoms with E-state index >= 15 is 0 Å². The molecule has 0 radical (unpaired) electrons. The standard InChI is InChI=1S/C14H9Cl2F3N2O5S/c1-27(23,24)21-12(22)7-3-8(15)11(4-10(7)17)25-6-2-9(16)13(20-5-6)26-14(18)19/h2-5,14H,1H3,(H,21,22). The first-order valence-corrected chi connectivity index (χ1v) is 9.40. The Morgan fingerprint density at radius 2 is 1.89 bits per heavy atom. The highest BCUT2D eigenvalue weighted by Crippen LogP contribution is 2.34.